The van der Waals surface area contributed by atoms with E-state index in [0.717, 1.165) is 24.1 Å². The zero-order valence-electron chi connectivity index (χ0n) is 9.99. The summed E-state index contributed by atoms with van der Waals surface area (Å²) in [4.78, 5) is 14.4. The number of nitrogens with zero attached hydrogens (tertiary/aromatic N) is 1. The third-order valence-electron chi connectivity index (χ3n) is 2.99. The minimum atomic E-state index is 0.130. The number of carbonyl (C=O) groups is 1. The van der Waals surface area contributed by atoms with Gasteiger partial charge in [0.15, 0.2) is 5.78 Å². The van der Waals surface area contributed by atoms with Gasteiger partial charge in [-0.1, -0.05) is 27.5 Å². The van der Waals surface area contributed by atoms with Crippen molar-refractivity contribution in [3.05, 3.63) is 33.3 Å². The van der Waals surface area contributed by atoms with Crippen molar-refractivity contribution in [3.8, 4) is 0 Å². The molecule has 18 heavy (non-hydrogen) atoms. The van der Waals surface area contributed by atoms with Crippen molar-refractivity contribution in [2.75, 3.05) is 31.1 Å². The van der Waals surface area contributed by atoms with Crippen LogP contribution in [0.3, 0.4) is 0 Å². The number of carbonyl (C=O) groups excluding carboxylic acids is 1. The van der Waals surface area contributed by atoms with Crippen LogP contribution in [0.25, 0.3) is 0 Å². The van der Waals surface area contributed by atoms with E-state index in [4.69, 9.17) is 11.6 Å². The van der Waals surface area contributed by atoms with Crippen molar-refractivity contribution < 1.29 is 4.79 Å². The molecule has 1 fully saturated rings. The normalized spacial score (nSPS) is 16.8. The summed E-state index contributed by atoms with van der Waals surface area (Å²) in [6.07, 6.45) is 0.548. The van der Waals surface area contributed by atoms with E-state index >= 15 is 0 Å². The van der Waals surface area contributed by atoms with Crippen LogP contribution in [0.15, 0.2) is 22.7 Å². The Hall–Kier alpha value is -0.0300. The second kappa shape index (κ2) is 6.94. The first-order chi connectivity index (χ1) is 8.66. The van der Waals surface area contributed by atoms with Gasteiger partial charge >= 0.3 is 0 Å². The molecule has 0 atom stereocenters. The zero-order chi connectivity index (χ0) is 13.0. The monoisotopic (exact) mass is 347 g/mol. The molecule has 2 nitrogen and oxygen atoms in total. The van der Waals surface area contributed by atoms with Gasteiger partial charge in [-0.15, -0.1) is 0 Å². The van der Waals surface area contributed by atoms with Gasteiger partial charge in [0.2, 0.25) is 0 Å². The molecule has 0 aliphatic carbocycles. The Bertz CT molecular complexity index is 435. The summed E-state index contributed by atoms with van der Waals surface area (Å²) in [5.74, 6) is 2.48. The van der Waals surface area contributed by atoms with Crippen LogP contribution in [0.5, 0.6) is 0 Å². The molecule has 5 heteroatoms. The molecule has 98 valence electrons. The minimum absolute atomic E-state index is 0.130. The Balaban J connectivity index is 1.90. The summed E-state index contributed by atoms with van der Waals surface area (Å²) in [7, 11) is 0. The van der Waals surface area contributed by atoms with Gasteiger partial charge in [0.1, 0.15) is 0 Å². The molecule has 1 saturated heterocycles. The summed E-state index contributed by atoms with van der Waals surface area (Å²) in [5.41, 5.74) is 0.631. The fraction of sp³-hybridized carbons (Fsp3) is 0.462. The molecular formula is C13H15BrClNOS. The molecule has 1 aliphatic rings. The molecule has 1 aliphatic heterocycles. The van der Waals surface area contributed by atoms with Gasteiger partial charge in [0, 0.05) is 47.6 Å². The van der Waals surface area contributed by atoms with E-state index in [2.05, 4.69) is 20.8 Å². The maximum Gasteiger partial charge on any atom is 0.165 e. The molecule has 1 aromatic carbocycles. The zero-order valence-corrected chi connectivity index (χ0v) is 13.2. The number of hydrogen-bond acceptors (Lipinski definition) is 3. The highest BCUT2D eigenvalue weighted by atomic mass is 79.9. The van der Waals surface area contributed by atoms with E-state index in [1.165, 1.54) is 11.5 Å². The second-order valence-corrected chi connectivity index (χ2v) is 6.80. The average Bonchev–Trinajstić information content (AvgIpc) is 2.37. The lowest BCUT2D eigenvalue weighted by Gasteiger charge is -2.25. The first-order valence-electron chi connectivity index (χ1n) is 5.95. The van der Waals surface area contributed by atoms with Crippen LogP contribution < -0.4 is 0 Å². The van der Waals surface area contributed by atoms with Crippen molar-refractivity contribution in [2.45, 2.75) is 6.42 Å². The fourth-order valence-electron chi connectivity index (χ4n) is 1.93. The van der Waals surface area contributed by atoms with Gasteiger partial charge in [-0.05, 0) is 18.2 Å². The Morgan fingerprint density at radius 3 is 2.78 bits per heavy atom. The van der Waals surface area contributed by atoms with Crippen molar-refractivity contribution >= 4 is 45.1 Å². The molecular weight excluding hydrogens is 334 g/mol. The number of benzene rings is 1. The topological polar surface area (TPSA) is 20.3 Å². The third kappa shape index (κ3) is 3.98. The van der Waals surface area contributed by atoms with E-state index in [1.54, 1.807) is 12.1 Å². The summed E-state index contributed by atoms with van der Waals surface area (Å²) in [5, 5.41) is 0.531. The second-order valence-electron chi connectivity index (χ2n) is 4.25. The predicted octanol–water partition coefficient (Wildman–Crippen LogP) is 3.72. The lowest BCUT2D eigenvalue weighted by Crippen LogP contribution is -2.34. The highest BCUT2D eigenvalue weighted by Crippen LogP contribution is 2.22. The molecule has 0 amide bonds. The molecule has 0 bridgehead atoms. The average molecular weight is 349 g/mol. The number of ketones is 1. The van der Waals surface area contributed by atoms with Crippen molar-refractivity contribution in [2.24, 2.45) is 0 Å². The minimum Gasteiger partial charge on any atom is -0.301 e. The molecule has 0 radical (unpaired) electrons. The standard InChI is InChI=1S/C13H15BrClNOS/c14-10-1-2-11(12(15)9-10)13(17)3-4-16-5-7-18-8-6-16/h1-2,9H,3-8H2. The molecule has 0 N–H and O–H groups in total. The van der Waals surface area contributed by atoms with Crippen LogP contribution >= 0.6 is 39.3 Å². The molecule has 2 rings (SSSR count). The first-order valence-corrected chi connectivity index (χ1v) is 8.28. The van der Waals surface area contributed by atoms with Crippen molar-refractivity contribution in [3.63, 3.8) is 0 Å². The van der Waals surface area contributed by atoms with Gasteiger partial charge in [-0.2, -0.15) is 11.8 Å². The molecule has 0 aromatic heterocycles. The largest absolute Gasteiger partial charge is 0.301 e. The number of Topliss-reactive ketones (excluding diaryl/α,β-unsaturated/α-hetero) is 1. The summed E-state index contributed by atoms with van der Waals surface area (Å²) < 4.78 is 0.900. The lowest BCUT2D eigenvalue weighted by atomic mass is 10.1. The predicted molar refractivity (Wildman–Crippen MR) is 81.9 cm³/mol. The summed E-state index contributed by atoms with van der Waals surface area (Å²) >= 11 is 11.4. The van der Waals surface area contributed by atoms with Crippen LogP contribution in [-0.2, 0) is 0 Å². The van der Waals surface area contributed by atoms with Crippen molar-refractivity contribution in [1.82, 2.24) is 4.90 Å². The van der Waals surface area contributed by atoms with E-state index in [1.807, 2.05) is 17.8 Å². The maximum atomic E-state index is 12.1. The smallest absolute Gasteiger partial charge is 0.165 e. The molecule has 1 aromatic rings. The van der Waals surface area contributed by atoms with Crippen LogP contribution in [0.4, 0.5) is 0 Å². The van der Waals surface area contributed by atoms with Crippen LogP contribution in [0.2, 0.25) is 5.02 Å². The number of rotatable bonds is 4. The Morgan fingerprint density at radius 1 is 1.39 bits per heavy atom. The quantitative estimate of drug-likeness (QED) is 0.773. The first kappa shape index (κ1) is 14.4. The van der Waals surface area contributed by atoms with E-state index in [9.17, 15) is 4.79 Å². The molecule has 0 spiro atoms. The van der Waals surface area contributed by atoms with E-state index in [-0.39, 0.29) is 5.78 Å². The van der Waals surface area contributed by atoms with Gasteiger partial charge in [0.25, 0.3) is 0 Å². The Labute approximate surface area is 125 Å². The van der Waals surface area contributed by atoms with Crippen LogP contribution in [-0.4, -0.2) is 41.8 Å². The summed E-state index contributed by atoms with van der Waals surface area (Å²) in [6.45, 7) is 3.02. The highest BCUT2D eigenvalue weighted by molar-refractivity contribution is 9.10. The number of hydrogen-bond donors (Lipinski definition) is 0. The van der Waals surface area contributed by atoms with Gasteiger partial charge < -0.3 is 4.90 Å². The Kier molecular flexibility index (Phi) is 5.55. The number of halogens is 2. The van der Waals surface area contributed by atoms with Gasteiger partial charge in [0.05, 0.1) is 5.02 Å². The van der Waals surface area contributed by atoms with Crippen LogP contribution in [0.1, 0.15) is 16.8 Å². The van der Waals surface area contributed by atoms with Gasteiger partial charge in [-0.25, -0.2) is 0 Å². The molecule has 1 heterocycles. The van der Waals surface area contributed by atoms with Crippen molar-refractivity contribution in [1.29, 1.82) is 0 Å². The highest BCUT2D eigenvalue weighted by Gasteiger charge is 2.14. The lowest BCUT2D eigenvalue weighted by molar-refractivity contribution is 0.0966. The molecule has 0 saturated carbocycles. The van der Waals surface area contributed by atoms with Crippen LogP contribution in [0, 0.1) is 0 Å². The van der Waals surface area contributed by atoms with E-state index < -0.39 is 0 Å². The third-order valence-corrected chi connectivity index (χ3v) is 4.74. The maximum absolute atomic E-state index is 12.1. The molecule has 0 unspecified atom stereocenters. The van der Waals surface area contributed by atoms with Gasteiger partial charge in [-0.3, -0.25) is 4.79 Å². The fourth-order valence-corrected chi connectivity index (χ4v) is 3.69. The SMILES string of the molecule is O=C(CCN1CCSCC1)c1ccc(Br)cc1Cl. The number of thioether (sulfide) groups is 1. The van der Waals surface area contributed by atoms with E-state index in [0.29, 0.717) is 17.0 Å². The summed E-state index contributed by atoms with van der Waals surface area (Å²) in [6, 6.07) is 5.42. The Morgan fingerprint density at radius 2 is 2.11 bits per heavy atom.